The molecule has 17 heavy (non-hydrogen) atoms. The maximum Gasteiger partial charge on any atom is 0.0501 e. The Hall–Kier alpha value is -1.42. The molecule has 0 amide bonds. The Morgan fingerprint density at radius 2 is 1.76 bits per heavy atom. The van der Waals surface area contributed by atoms with Crippen LogP contribution >= 0.6 is 11.6 Å². The molecule has 3 nitrogen and oxygen atoms in total. The van der Waals surface area contributed by atoms with Gasteiger partial charge < -0.3 is 0 Å². The van der Waals surface area contributed by atoms with E-state index in [0.29, 0.717) is 0 Å². The zero-order chi connectivity index (χ0) is 12.1. The van der Waals surface area contributed by atoms with E-state index < -0.39 is 0 Å². The summed E-state index contributed by atoms with van der Waals surface area (Å²) in [7, 11) is 0. The van der Waals surface area contributed by atoms with Crippen LogP contribution in [0.1, 0.15) is 17.2 Å². The highest BCUT2D eigenvalue weighted by Gasteiger charge is 2.09. The number of aromatic nitrogens is 1. The third kappa shape index (κ3) is 3.27. The summed E-state index contributed by atoms with van der Waals surface area (Å²) in [6.07, 6.45) is 4.35. The number of nitrogens with zero attached hydrogens (tertiary/aromatic N) is 1. The molecule has 2 aromatic rings. The first-order chi connectivity index (χ1) is 8.29. The molecule has 0 aliphatic carbocycles. The highest BCUT2D eigenvalue weighted by Crippen LogP contribution is 2.18. The van der Waals surface area contributed by atoms with Crippen LogP contribution in [0.4, 0.5) is 0 Å². The molecule has 0 aliphatic heterocycles. The largest absolute Gasteiger partial charge is 0.271 e. The zero-order valence-corrected chi connectivity index (χ0v) is 10.1. The molecule has 0 saturated carbocycles. The van der Waals surface area contributed by atoms with E-state index in [-0.39, 0.29) is 6.04 Å². The van der Waals surface area contributed by atoms with E-state index in [9.17, 15) is 0 Å². The van der Waals surface area contributed by atoms with Gasteiger partial charge >= 0.3 is 0 Å². The normalized spacial score (nSPS) is 12.4. The average molecular weight is 248 g/mol. The van der Waals surface area contributed by atoms with Gasteiger partial charge in [0.1, 0.15) is 0 Å². The lowest BCUT2D eigenvalue weighted by Crippen LogP contribution is -2.29. The van der Waals surface area contributed by atoms with E-state index in [1.807, 2.05) is 36.4 Å². The van der Waals surface area contributed by atoms with Gasteiger partial charge in [0.15, 0.2) is 0 Å². The monoisotopic (exact) mass is 247 g/mol. The molecule has 4 heteroatoms. The van der Waals surface area contributed by atoms with Crippen LogP contribution in [0.15, 0.2) is 48.8 Å². The Morgan fingerprint density at radius 3 is 2.35 bits per heavy atom. The van der Waals surface area contributed by atoms with Crippen molar-refractivity contribution in [1.82, 2.24) is 10.4 Å². The van der Waals surface area contributed by atoms with Crippen LogP contribution in [-0.2, 0) is 6.42 Å². The van der Waals surface area contributed by atoms with Crippen molar-refractivity contribution < 1.29 is 0 Å². The minimum Gasteiger partial charge on any atom is -0.271 e. The fourth-order valence-electron chi connectivity index (χ4n) is 1.72. The van der Waals surface area contributed by atoms with Crippen LogP contribution in [0.25, 0.3) is 0 Å². The minimum absolute atomic E-state index is 0.0826. The third-order valence-electron chi connectivity index (χ3n) is 2.66. The molecule has 1 aromatic heterocycles. The summed E-state index contributed by atoms with van der Waals surface area (Å²) in [5.41, 5.74) is 5.13. The molecule has 0 saturated heterocycles. The van der Waals surface area contributed by atoms with Gasteiger partial charge in [-0.15, -0.1) is 0 Å². The average Bonchev–Trinajstić information content (AvgIpc) is 2.39. The fourth-order valence-corrected chi connectivity index (χ4v) is 1.85. The summed E-state index contributed by atoms with van der Waals surface area (Å²) in [6, 6.07) is 11.8. The second-order valence-corrected chi connectivity index (χ2v) is 4.27. The van der Waals surface area contributed by atoms with Gasteiger partial charge in [0.25, 0.3) is 0 Å². The number of halogens is 1. The van der Waals surface area contributed by atoms with Crippen molar-refractivity contribution in [2.45, 2.75) is 12.5 Å². The van der Waals surface area contributed by atoms with Crippen molar-refractivity contribution in [3.05, 3.63) is 64.9 Å². The highest BCUT2D eigenvalue weighted by molar-refractivity contribution is 6.30. The molecule has 1 atom stereocenters. The Labute approximate surface area is 106 Å². The Kier molecular flexibility index (Phi) is 4.09. The molecular weight excluding hydrogens is 234 g/mol. The van der Waals surface area contributed by atoms with Gasteiger partial charge in [0, 0.05) is 17.4 Å². The molecule has 1 heterocycles. The summed E-state index contributed by atoms with van der Waals surface area (Å²) in [6.45, 7) is 0. The topological polar surface area (TPSA) is 50.9 Å². The van der Waals surface area contributed by atoms with Gasteiger partial charge in [-0.2, -0.15) is 0 Å². The first-order valence-electron chi connectivity index (χ1n) is 5.40. The van der Waals surface area contributed by atoms with Gasteiger partial charge in [-0.3, -0.25) is 16.3 Å². The fraction of sp³-hybridized carbons (Fsp3) is 0.154. The van der Waals surface area contributed by atoms with E-state index in [4.69, 9.17) is 17.4 Å². The molecule has 0 fully saturated rings. The van der Waals surface area contributed by atoms with Crippen molar-refractivity contribution >= 4 is 11.6 Å². The molecule has 0 radical (unpaired) electrons. The maximum atomic E-state index is 5.85. The molecule has 2 rings (SSSR count). The van der Waals surface area contributed by atoms with Crippen LogP contribution in [0.5, 0.6) is 0 Å². The van der Waals surface area contributed by atoms with Crippen LogP contribution in [0.3, 0.4) is 0 Å². The standard InChI is InChI=1S/C13H14ClN3/c14-12-3-1-10(2-4-12)9-13(17-15)11-5-7-16-8-6-11/h1-8,13,17H,9,15H2. The van der Waals surface area contributed by atoms with Crippen molar-refractivity contribution in [2.75, 3.05) is 0 Å². The third-order valence-corrected chi connectivity index (χ3v) is 2.91. The summed E-state index contributed by atoms with van der Waals surface area (Å²) in [5.74, 6) is 5.59. The maximum absolute atomic E-state index is 5.85. The van der Waals surface area contributed by atoms with Gasteiger partial charge in [0.2, 0.25) is 0 Å². The van der Waals surface area contributed by atoms with Gasteiger partial charge in [-0.05, 0) is 41.8 Å². The predicted molar refractivity (Wildman–Crippen MR) is 69.5 cm³/mol. The molecule has 1 aromatic carbocycles. The molecule has 1 unspecified atom stereocenters. The molecule has 3 N–H and O–H groups in total. The first kappa shape index (κ1) is 12.0. The lowest BCUT2D eigenvalue weighted by molar-refractivity contribution is 0.551. The number of benzene rings is 1. The van der Waals surface area contributed by atoms with Crippen LogP contribution in [0, 0.1) is 0 Å². The molecule has 88 valence electrons. The number of nitrogens with two attached hydrogens (primary N) is 1. The highest BCUT2D eigenvalue weighted by atomic mass is 35.5. The number of nitrogens with one attached hydrogen (secondary N) is 1. The zero-order valence-electron chi connectivity index (χ0n) is 9.31. The smallest absolute Gasteiger partial charge is 0.0501 e. The molecule has 0 spiro atoms. The van der Waals surface area contributed by atoms with Crippen LogP contribution in [-0.4, -0.2) is 4.98 Å². The van der Waals surface area contributed by atoms with Crippen LogP contribution in [0.2, 0.25) is 5.02 Å². The van der Waals surface area contributed by atoms with E-state index in [2.05, 4.69) is 10.4 Å². The Bertz CT molecular complexity index is 456. The number of hydrazine groups is 1. The van der Waals surface area contributed by atoms with E-state index in [1.165, 1.54) is 5.56 Å². The Balaban J connectivity index is 2.13. The molecular formula is C13H14ClN3. The van der Waals surface area contributed by atoms with Crippen molar-refractivity contribution in [2.24, 2.45) is 5.84 Å². The van der Waals surface area contributed by atoms with Gasteiger partial charge in [-0.1, -0.05) is 23.7 Å². The van der Waals surface area contributed by atoms with E-state index in [0.717, 1.165) is 17.0 Å². The van der Waals surface area contributed by atoms with Gasteiger partial charge in [-0.25, -0.2) is 0 Å². The first-order valence-corrected chi connectivity index (χ1v) is 5.78. The van der Waals surface area contributed by atoms with Gasteiger partial charge in [0.05, 0.1) is 6.04 Å². The second-order valence-electron chi connectivity index (χ2n) is 3.83. The van der Waals surface area contributed by atoms with E-state index in [1.54, 1.807) is 12.4 Å². The predicted octanol–water partition coefficient (Wildman–Crippen LogP) is 2.48. The van der Waals surface area contributed by atoms with Crippen LogP contribution < -0.4 is 11.3 Å². The number of rotatable bonds is 4. The second kappa shape index (κ2) is 5.77. The molecule has 0 aliphatic rings. The summed E-state index contributed by atoms with van der Waals surface area (Å²) in [4.78, 5) is 3.99. The Morgan fingerprint density at radius 1 is 1.12 bits per heavy atom. The summed E-state index contributed by atoms with van der Waals surface area (Å²) < 4.78 is 0. The summed E-state index contributed by atoms with van der Waals surface area (Å²) >= 11 is 5.85. The lowest BCUT2D eigenvalue weighted by Gasteiger charge is -2.16. The number of pyridine rings is 1. The lowest BCUT2D eigenvalue weighted by atomic mass is 10.0. The van der Waals surface area contributed by atoms with E-state index >= 15 is 0 Å². The molecule has 0 bridgehead atoms. The van der Waals surface area contributed by atoms with Crippen molar-refractivity contribution in [3.8, 4) is 0 Å². The minimum atomic E-state index is 0.0826. The number of hydrogen-bond acceptors (Lipinski definition) is 3. The SMILES string of the molecule is NNC(Cc1ccc(Cl)cc1)c1ccncc1. The van der Waals surface area contributed by atoms with Crippen molar-refractivity contribution in [1.29, 1.82) is 0 Å². The van der Waals surface area contributed by atoms with Crippen molar-refractivity contribution in [3.63, 3.8) is 0 Å². The number of hydrogen-bond donors (Lipinski definition) is 2. The summed E-state index contributed by atoms with van der Waals surface area (Å²) in [5, 5.41) is 0.745. The quantitative estimate of drug-likeness (QED) is 0.645.